The van der Waals surface area contributed by atoms with E-state index in [9.17, 15) is 19.0 Å². The largest absolute Gasteiger partial charge is 0.394 e. The zero-order chi connectivity index (χ0) is 32.5. The van der Waals surface area contributed by atoms with Crippen LogP contribution in [0.15, 0.2) is 23.8 Å². The average molecular weight is 723 g/mol. The van der Waals surface area contributed by atoms with Crippen molar-refractivity contribution in [3.63, 3.8) is 0 Å². The number of hydrogen-bond donors (Lipinski definition) is 6. The number of alkyl halides is 1. The number of halogens is 1. The van der Waals surface area contributed by atoms with Gasteiger partial charge in [-0.2, -0.15) is 4.98 Å². The minimum Gasteiger partial charge on any atom is -0.394 e. The minimum absolute atomic E-state index is 0.0833. The second-order valence-electron chi connectivity index (χ2n) is 10.5. The van der Waals surface area contributed by atoms with Crippen molar-refractivity contribution in [3.05, 3.63) is 29.3 Å². The third-order valence-corrected chi connectivity index (χ3v) is 10.1. The molecule has 7 rings (SSSR count). The molecular weight excluding hydrogens is 697 g/mol. The molecule has 0 radical (unpaired) electrons. The quantitative estimate of drug-likeness (QED) is 0.0940. The zero-order valence-corrected chi connectivity index (χ0v) is 26.7. The number of aromatic nitrogens is 8. The molecule has 25 heteroatoms. The second kappa shape index (κ2) is 11.8. The van der Waals surface area contributed by atoms with Crippen LogP contribution < -0.4 is 17.0 Å². The van der Waals surface area contributed by atoms with E-state index in [0.29, 0.717) is 11.2 Å². The smallest absolute Gasteiger partial charge is 0.386 e. The molecule has 6 N–H and O–H groups in total. The lowest BCUT2D eigenvalue weighted by molar-refractivity contribution is -0.182. The van der Waals surface area contributed by atoms with Crippen LogP contribution in [-0.2, 0) is 36.9 Å². The van der Waals surface area contributed by atoms with Gasteiger partial charge in [0, 0.05) is 0 Å². The molecule has 3 fully saturated rings. The van der Waals surface area contributed by atoms with E-state index in [4.69, 9.17) is 39.2 Å². The van der Waals surface area contributed by atoms with Gasteiger partial charge in [-0.25, -0.2) is 28.9 Å². The number of fused-ring (bicyclic) bond motifs is 4. The highest BCUT2D eigenvalue weighted by Gasteiger charge is 2.64. The maximum Gasteiger partial charge on any atom is 0.386 e. The van der Waals surface area contributed by atoms with Crippen LogP contribution in [0.25, 0.3) is 22.3 Å². The van der Waals surface area contributed by atoms with Crippen LogP contribution in [0.3, 0.4) is 0 Å². The predicted octanol–water partition coefficient (Wildman–Crippen LogP) is 0.162. The normalized spacial score (nSPS) is 32.8. The van der Waals surface area contributed by atoms with Gasteiger partial charge in [0.15, 0.2) is 41.3 Å². The van der Waals surface area contributed by atoms with E-state index in [-0.39, 0.29) is 29.5 Å². The first kappa shape index (κ1) is 31.9. The van der Waals surface area contributed by atoms with Crippen LogP contribution in [0.5, 0.6) is 0 Å². The van der Waals surface area contributed by atoms with Crippen molar-refractivity contribution < 1.29 is 46.4 Å². The van der Waals surface area contributed by atoms with Gasteiger partial charge in [0.2, 0.25) is 13.2 Å². The standard InChI is InChI=1S/C21H25FN10O10P2S2/c22-8-7(1-33)39-18(32-6-28-10-16(32)29-20(24)30-17(10)34)11(8)42-44(36,46)38-3-21-2-37-12(13(21)41-43(35)45)19(40-21)31-5-27-9-14(23)25-4-26-15(9)31/h4-8,11-13,18-19,33,43H,1-3H2,(H,35,45)(H,36,46)(H2,23,25,26)(H3,24,29,30,34)/t7-,8-,11-,12-,13?,18-,19-,21-,44?/m1/s1. The summed E-state index contributed by atoms with van der Waals surface area (Å²) in [6, 6.07) is 0. The van der Waals surface area contributed by atoms with Crippen LogP contribution in [0, 0.1) is 0 Å². The third-order valence-electron chi connectivity index (χ3n) is 7.76. The molecule has 0 saturated carbocycles. The van der Waals surface area contributed by atoms with E-state index < -0.39 is 81.4 Å². The highest BCUT2D eigenvalue weighted by atomic mass is 32.7. The number of nitrogen functional groups attached to an aromatic ring is 2. The highest BCUT2D eigenvalue weighted by Crippen LogP contribution is 2.59. The van der Waals surface area contributed by atoms with Gasteiger partial charge in [0.05, 0.1) is 32.5 Å². The summed E-state index contributed by atoms with van der Waals surface area (Å²) < 4.78 is 78.7. The minimum atomic E-state index is -4.50. The van der Waals surface area contributed by atoms with Crippen LogP contribution in [-0.4, -0.2) is 100 Å². The number of hydrogen-bond acceptors (Lipinski definition) is 17. The number of aromatic amines is 1. The van der Waals surface area contributed by atoms with E-state index in [1.807, 2.05) is 0 Å². The Labute approximate surface area is 267 Å². The fourth-order valence-electron chi connectivity index (χ4n) is 5.74. The number of anilines is 2. The number of rotatable bonds is 10. The van der Waals surface area contributed by atoms with Crippen molar-refractivity contribution in [1.29, 1.82) is 0 Å². The van der Waals surface area contributed by atoms with E-state index >= 15 is 4.39 Å². The fourth-order valence-corrected chi connectivity index (χ4v) is 8.12. The monoisotopic (exact) mass is 722 g/mol. The summed E-state index contributed by atoms with van der Waals surface area (Å²) >= 11 is 7.97. The number of thiol groups is 2. The lowest BCUT2D eigenvalue weighted by Crippen LogP contribution is -2.45. The van der Waals surface area contributed by atoms with Crippen molar-refractivity contribution >= 4 is 72.6 Å². The number of imidazole rings is 2. The lowest BCUT2D eigenvalue weighted by Gasteiger charge is -2.32. The van der Waals surface area contributed by atoms with Gasteiger partial charge in [-0.15, -0.1) is 0 Å². The Kier molecular flexibility index (Phi) is 8.16. The summed E-state index contributed by atoms with van der Waals surface area (Å²) in [5.74, 6) is -0.120. The Morgan fingerprint density at radius 3 is 2.67 bits per heavy atom. The Balaban J connectivity index is 1.14. The maximum absolute atomic E-state index is 15.5. The molecule has 0 aliphatic carbocycles. The van der Waals surface area contributed by atoms with E-state index in [0.717, 1.165) is 10.9 Å². The van der Waals surface area contributed by atoms with Crippen molar-refractivity contribution in [2.45, 2.75) is 48.6 Å². The van der Waals surface area contributed by atoms with Crippen LogP contribution in [0.4, 0.5) is 16.2 Å². The molecule has 2 bridgehead atoms. The van der Waals surface area contributed by atoms with Gasteiger partial charge < -0.3 is 35.3 Å². The average Bonchev–Trinajstić information content (AvgIpc) is 3.81. The number of nitrogens with two attached hydrogens (primary N) is 2. The molecule has 3 saturated heterocycles. The molecule has 10 atom stereocenters. The summed E-state index contributed by atoms with van der Waals surface area (Å²) in [7, 11) is -2.86. The SMILES string of the molecule is Nc1nc2c(ncn2[C@@H]2O[C@H](CO)[C@@H](F)[C@H]2OP(=O)(S)OC[C@]23CO[C@H](C2O[PH](=O)S)[C@H](n2cnc4c(N)ncnc42)O3)c(=O)[nH]1. The molecule has 0 spiro atoms. The Bertz CT molecular complexity index is 1950. The summed E-state index contributed by atoms with van der Waals surface area (Å²) in [4.78, 5) is 34.9. The molecule has 0 amide bonds. The van der Waals surface area contributed by atoms with Crippen molar-refractivity contribution in [2.24, 2.45) is 0 Å². The molecule has 4 aromatic heterocycles. The van der Waals surface area contributed by atoms with E-state index in [2.05, 4.69) is 54.4 Å². The third kappa shape index (κ3) is 5.32. The topological polar surface area (TPSA) is 269 Å². The zero-order valence-electron chi connectivity index (χ0n) is 23.0. The van der Waals surface area contributed by atoms with Crippen LogP contribution in [0.2, 0.25) is 0 Å². The van der Waals surface area contributed by atoms with E-state index in [1.54, 1.807) is 0 Å². The predicted molar refractivity (Wildman–Crippen MR) is 161 cm³/mol. The maximum atomic E-state index is 15.5. The van der Waals surface area contributed by atoms with Gasteiger partial charge in [0.25, 0.3) is 5.56 Å². The van der Waals surface area contributed by atoms with Crippen LogP contribution >= 0.6 is 38.5 Å². The van der Waals surface area contributed by atoms with Gasteiger partial charge in [0.1, 0.15) is 41.9 Å². The van der Waals surface area contributed by atoms with Gasteiger partial charge >= 0.3 is 6.80 Å². The Hall–Kier alpha value is -2.69. The summed E-state index contributed by atoms with van der Waals surface area (Å²) in [5.41, 5.74) is 9.79. The number of ether oxygens (including phenoxy) is 3. The summed E-state index contributed by atoms with van der Waals surface area (Å²) in [5, 5.41) is 9.72. The number of H-pyrrole nitrogens is 1. The number of aliphatic hydroxyl groups is 1. The van der Waals surface area contributed by atoms with Gasteiger partial charge in [-0.3, -0.25) is 32.5 Å². The number of aliphatic hydroxyl groups excluding tert-OH is 1. The molecule has 3 aliphatic heterocycles. The van der Waals surface area contributed by atoms with Crippen LogP contribution in [0.1, 0.15) is 12.5 Å². The van der Waals surface area contributed by atoms with Crippen molar-refractivity contribution in [3.8, 4) is 0 Å². The summed E-state index contributed by atoms with van der Waals surface area (Å²) in [6.45, 7) is -5.98. The molecule has 3 unspecified atom stereocenters. The number of nitrogens with zero attached hydrogens (tertiary/aromatic N) is 7. The summed E-state index contributed by atoms with van der Waals surface area (Å²) in [6.07, 6.45) is -5.69. The van der Waals surface area contributed by atoms with E-state index in [1.165, 1.54) is 17.2 Å². The first-order chi connectivity index (χ1) is 21.9. The molecular formula is C21H25FN10O10P2S2. The lowest BCUT2D eigenvalue weighted by atomic mass is 10.0. The molecule has 3 aliphatic rings. The second-order valence-corrected chi connectivity index (χ2v) is 15.3. The Morgan fingerprint density at radius 1 is 1.20 bits per heavy atom. The number of nitrogens with one attached hydrogen (secondary N) is 1. The first-order valence-electron chi connectivity index (χ1n) is 13.3. The van der Waals surface area contributed by atoms with Crippen molar-refractivity contribution in [1.82, 2.24) is 39.0 Å². The molecule has 7 heterocycles. The van der Waals surface area contributed by atoms with Gasteiger partial charge in [-0.05, 0) is 0 Å². The molecule has 46 heavy (non-hydrogen) atoms. The molecule has 4 aromatic rings. The van der Waals surface area contributed by atoms with Crippen molar-refractivity contribution in [2.75, 3.05) is 31.3 Å². The highest BCUT2D eigenvalue weighted by molar-refractivity contribution is 8.44. The molecule has 0 aromatic carbocycles. The molecule has 248 valence electrons. The Morgan fingerprint density at radius 2 is 1.93 bits per heavy atom. The first-order valence-corrected chi connectivity index (χ1v) is 18.6. The fraction of sp³-hybridized carbons (Fsp3) is 0.524. The van der Waals surface area contributed by atoms with Gasteiger partial charge in [-0.1, -0.05) is 24.5 Å². The molecule has 20 nitrogen and oxygen atoms in total.